The normalized spacial score (nSPS) is 11.2. The summed E-state index contributed by atoms with van der Waals surface area (Å²) in [6, 6.07) is 7.80. The number of aliphatic hydroxyl groups is 1. The van der Waals surface area contributed by atoms with Crippen molar-refractivity contribution in [2.24, 2.45) is 5.73 Å². The quantitative estimate of drug-likeness (QED) is 0.842. The summed E-state index contributed by atoms with van der Waals surface area (Å²) in [5.74, 6) is 4.20. The second-order valence-electron chi connectivity index (χ2n) is 6.65. The zero-order chi connectivity index (χ0) is 18.8. The second-order valence-corrected chi connectivity index (χ2v) is 6.65. The lowest BCUT2D eigenvalue weighted by atomic mass is 9.95. The summed E-state index contributed by atoms with van der Waals surface area (Å²) in [5, 5.41) is 9.72. The fraction of sp³-hybridized carbons (Fsp3) is 0.300. The zero-order valence-electron chi connectivity index (χ0n) is 14.7. The Kier molecular flexibility index (Phi) is 5.24. The smallest absolute Gasteiger partial charge is 0.251 e. The number of amides is 1. The minimum Gasteiger partial charge on any atom is -0.378 e. The van der Waals surface area contributed by atoms with E-state index >= 15 is 0 Å². The molecule has 0 aliphatic rings. The van der Waals surface area contributed by atoms with E-state index in [1.807, 2.05) is 19.9 Å². The van der Waals surface area contributed by atoms with Crippen LogP contribution in [0.1, 0.15) is 55.4 Å². The molecule has 0 aliphatic carbocycles. The van der Waals surface area contributed by atoms with Crippen molar-refractivity contribution < 1.29 is 14.3 Å². The Bertz CT molecular complexity index is 871. The van der Waals surface area contributed by atoms with E-state index in [2.05, 4.69) is 16.8 Å². The fourth-order valence-corrected chi connectivity index (χ4v) is 2.33. The van der Waals surface area contributed by atoms with Crippen LogP contribution in [0.4, 0.5) is 4.39 Å². The largest absolute Gasteiger partial charge is 0.378 e. The Morgan fingerprint density at radius 3 is 2.52 bits per heavy atom. The van der Waals surface area contributed by atoms with Crippen molar-refractivity contribution in [3.8, 4) is 23.0 Å². The lowest BCUT2D eigenvalue weighted by Gasteiger charge is -2.13. The molecule has 0 bridgehead atoms. The summed E-state index contributed by atoms with van der Waals surface area (Å²) in [6.07, 6.45) is 0. The van der Waals surface area contributed by atoms with Gasteiger partial charge in [0.1, 0.15) is 17.1 Å². The molecule has 0 spiro atoms. The first kappa shape index (κ1) is 18.6. The molecule has 0 unspecified atom stereocenters. The molecule has 130 valence electrons. The Balaban J connectivity index is 2.57. The number of nitrogens with zero attached hydrogens (tertiary/aromatic N) is 1. The maximum absolute atomic E-state index is 13.7. The van der Waals surface area contributed by atoms with Gasteiger partial charge >= 0.3 is 0 Å². The van der Waals surface area contributed by atoms with Crippen molar-refractivity contribution in [2.45, 2.75) is 39.2 Å². The number of carbonyl (C=O) groups is 1. The van der Waals surface area contributed by atoms with Crippen molar-refractivity contribution in [3.63, 3.8) is 0 Å². The standard InChI is InChI=1S/C20H21FN2O2/c1-12(2)18-15(7-6-14(23-18)9-10-20(3,4)25)13-5-8-17(21)16(11-13)19(22)24/h5-8,11-12,25H,1-4H3,(H2,22,24). The Hall–Kier alpha value is -2.71. The number of hydrogen-bond acceptors (Lipinski definition) is 3. The topological polar surface area (TPSA) is 76.2 Å². The Morgan fingerprint density at radius 1 is 1.28 bits per heavy atom. The van der Waals surface area contributed by atoms with Crippen LogP contribution in [0.15, 0.2) is 30.3 Å². The summed E-state index contributed by atoms with van der Waals surface area (Å²) >= 11 is 0. The summed E-state index contributed by atoms with van der Waals surface area (Å²) < 4.78 is 13.7. The van der Waals surface area contributed by atoms with Crippen molar-refractivity contribution >= 4 is 5.91 Å². The maximum Gasteiger partial charge on any atom is 0.251 e. The van der Waals surface area contributed by atoms with E-state index in [0.717, 1.165) is 11.3 Å². The van der Waals surface area contributed by atoms with Crippen LogP contribution in [0.3, 0.4) is 0 Å². The first-order valence-electron chi connectivity index (χ1n) is 7.94. The predicted octanol–water partition coefficient (Wildman–Crippen LogP) is 3.23. The second kappa shape index (κ2) is 7.04. The molecule has 0 aliphatic heterocycles. The van der Waals surface area contributed by atoms with Crippen LogP contribution in [-0.4, -0.2) is 21.6 Å². The number of rotatable bonds is 3. The summed E-state index contributed by atoms with van der Waals surface area (Å²) in [5.41, 5.74) is 6.71. The molecule has 0 saturated carbocycles. The number of benzene rings is 1. The molecule has 0 radical (unpaired) electrons. The highest BCUT2D eigenvalue weighted by molar-refractivity contribution is 5.94. The predicted molar refractivity (Wildman–Crippen MR) is 95.4 cm³/mol. The van der Waals surface area contributed by atoms with Gasteiger partial charge in [-0.1, -0.05) is 25.8 Å². The van der Waals surface area contributed by atoms with E-state index in [4.69, 9.17) is 5.73 Å². The van der Waals surface area contributed by atoms with Crippen LogP contribution in [-0.2, 0) is 0 Å². The number of carbonyl (C=O) groups excluding carboxylic acids is 1. The molecule has 0 atom stereocenters. The van der Waals surface area contributed by atoms with Gasteiger partial charge in [0, 0.05) is 5.56 Å². The van der Waals surface area contributed by atoms with E-state index in [9.17, 15) is 14.3 Å². The number of nitrogens with two attached hydrogens (primary N) is 1. The van der Waals surface area contributed by atoms with Crippen LogP contribution in [0.5, 0.6) is 0 Å². The van der Waals surface area contributed by atoms with Gasteiger partial charge in [-0.05, 0) is 55.5 Å². The first-order valence-corrected chi connectivity index (χ1v) is 7.94. The molecular formula is C20H21FN2O2. The van der Waals surface area contributed by atoms with E-state index in [1.54, 1.807) is 26.0 Å². The minimum atomic E-state index is -1.11. The first-order chi connectivity index (χ1) is 11.6. The molecule has 0 fully saturated rings. The molecular weight excluding hydrogens is 319 g/mol. The average molecular weight is 340 g/mol. The van der Waals surface area contributed by atoms with Crippen molar-refractivity contribution in [2.75, 3.05) is 0 Å². The zero-order valence-corrected chi connectivity index (χ0v) is 14.7. The molecule has 1 aromatic carbocycles. The molecule has 1 aromatic heterocycles. The summed E-state index contributed by atoms with van der Waals surface area (Å²) in [6.45, 7) is 7.16. The van der Waals surface area contributed by atoms with Gasteiger partial charge in [-0.3, -0.25) is 4.79 Å². The van der Waals surface area contributed by atoms with Crippen molar-refractivity contribution in [1.29, 1.82) is 0 Å². The summed E-state index contributed by atoms with van der Waals surface area (Å²) in [7, 11) is 0. The van der Waals surface area contributed by atoms with Crippen LogP contribution < -0.4 is 5.73 Å². The van der Waals surface area contributed by atoms with Gasteiger partial charge in [0.15, 0.2) is 0 Å². The molecule has 4 nitrogen and oxygen atoms in total. The van der Waals surface area contributed by atoms with Crippen LogP contribution in [0.2, 0.25) is 0 Å². The number of hydrogen-bond donors (Lipinski definition) is 2. The monoisotopic (exact) mass is 340 g/mol. The highest BCUT2D eigenvalue weighted by Gasteiger charge is 2.15. The Morgan fingerprint density at radius 2 is 1.96 bits per heavy atom. The summed E-state index contributed by atoms with van der Waals surface area (Å²) in [4.78, 5) is 15.9. The van der Waals surface area contributed by atoms with E-state index in [-0.39, 0.29) is 11.5 Å². The van der Waals surface area contributed by atoms with Crippen LogP contribution >= 0.6 is 0 Å². The number of aromatic nitrogens is 1. The molecule has 1 heterocycles. The maximum atomic E-state index is 13.7. The fourth-order valence-electron chi connectivity index (χ4n) is 2.33. The molecule has 0 saturated heterocycles. The SMILES string of the molecule is CC(C)c1nc(C#CC(C)(C)O)ccc1-c1ccc(F)c(C(N)=O)c1. The molecule has 2 rings (SSSR count). The highest BCUT2D eigenvalue weighted by atomic mass is 19.1. The van der Waals surface area contributed by atoms with Crippen LogP contribution in [0, 0.1) is 17.7 Å². The number of halogens is 1. The van der Waals surface area contributed by atoms with Gasteiger partial charge in [-0.25, -0.2) is 9.37 Å². The average Bonchev–Trinajstić information content (AvgIpc) is 2.52. The minimum absolute atomic E-state index is 0.0842. The third-order valence-electron chi connectivity index (χ3n) is 3.51. The molecule has 1 amide bonds. The third-order valence-corrected chi connectivity index (χ3v) is 3.51. The van der Waals surface area contributed by atoms with Crippen molar-refractivity contribution in [3.05, 3.63) is 53.1 Å². The number of pyridine rings is 1. The number of primary amides is 1. The van der Waals surface area contributed by atoms with Gasteiger partial charge in [0.25, 0.3) is 5.91 Å². The molecule has 3 N–H and O–H groups in total. The van der Waals surface area contributed by atoms with E-state index in [1.165, 1.54) is 12.1 Å². The van der Waals surface area contributed by atoms with Crippen LogP contribution in [0.25, 0.3) is 11.1 Å². The Labute approximate surface area is 146 Å². The highest BCUT2D eigenvalue weighted by Crippen LogP contribution is 2.29. The van der Waals surface area contributed by atoms with Gasteiger partial charge in [-0.2, -0.15) is 0 Å². The van der Waals surface area contributed by atoms with Crippen molar-refractivity contribution in [1.82, 2.24) is 4.98 Å². The lowest BCUT2D eigenvalue weighted by molar-refractivity contribution is 0.0996. The van der Waals surface area contributed by atoms with Gasteiger partial charge < -0.3 is 10.8 Å². The van der Waals surface area contributed by atoms with Gasteiger partial charge in [0.05, 0.1) is 11.3 Å². The van der Waals surface area contributed by atoms with Gasteiger partial charge in [0.2, 0.25) is 0 Å². The van der Waals surface area contributed by atoms with Gasteiger partial charge in [-0.15, -0.1) is 0 Å². The lowest BCUT2D eigenvalue weighted by Crippen LogP contribution is -2.14. The van der Waals surface area contributed by atoms with E-state index in [0.29, 0.717) is 11.3 Å². The van der Waals surface area contributed by atoms with E-state index < -0.39 is 17.3 Å². The molecule has 25 heavy (non-hydrogen) atoms. The molecule has 5 heteroatoms. The third kappa shape index (κ3) is 4.65. The molecule has 2 aromatic rings.